The fraction of sp³-hybridized carbons (Fsp3) is 0.937. The van der Waals surface area contributed by atoms with Crippen LogP contribution in [0, 0.1) is 0 Å². The van der Waals surface area contributed by atoms with Gasteiger partial charge in [-0.05, 0) is 51.4 Å². The lowest BCUT2D eigenvalue weighted by molar-refractivity contribution is -0.143. The number of nitrogens with one attached hydrogen (secondary N) is 1. The summed E-state index contributed by atoms with van der Waals surface area (Å²) >= 11 is 0. The van der Waals surface area contributed by atoms with E-state index in [1.54, 1.807) is 0 Å². The van der Waals surface area contributed by atoms with Crippen molar-refractivity contribution < 1.29 is 24.5 Å². The van der Waals surface area contributed by atoms with Gasteiger partial charge in [0, 0.05) is 12.8 Å². The van der Waals surface area contributed by atoms with Crippen LogP contribution in [0.25, 0.3) is 0 Å². The van der Waals surface area contributed by atoms with Gasteiger partial charge < -0.3 is 20.3 Å². The molecule has 6 heteroatoms. The first-order valence-corrected chi connectivity index (χ1v) is 31.4. The minimum Gasteiger partial charge on any atom is -0.466 e. The Labute approximate surface area is 431 Å². The van der Waals surface area contributed by atoms with Crippen LogP contribution >= 0.6 is 0 Å². The number of aliphatic hydroxyl groups is 2. The molecular weight excluding hydrogens is 851 g/mol. The number of hydrogen-bond acceptors (Lipinski definition) is 5. The molecule has 0 aliphatic rings. The van der Waals surface area contributed by atoms with Crippen molar-refractivity contribution in [2.75, 3.05) is 13.2 Å². The number of hydrogen-bond donors (Lipinski definition) is 3. The number of allylic oxidation sites excluding steroid dienone is 2. The van der Waals surface area contributed by atoms with E-state index in [1.807, 2.05) is 0 Å². The summed E-state index contributed by atoms with van der Waals surface area (Å²) < 4.78 is 5.48. The van der Waals surface area contributed by atoms with Gasteiger partial charge >= 0.3 is 5.97 Å². The molecule has 6 nitrogen and oxygen atoms in total. The molecule has 0 spiro atoms. The fourth-order valence-corrected chi connectivity index (χ4v) is 9.99. The molecule has 0 aliphatic carbocycles. The number of ether oxygens (including phenoxy) is 1. The predicted molar refractivity (Wildman–Crippen MR) is 301 cm³/mol. The average molecular weight is 975 g/mol. The molecular formula is C63H123NO5. The lowest BCUT2D eigenvalue weighted by atomic mass is 10.0. The van der Waals surface area contributed by atoms with Gasteiger partial charge in [0.05, 0.1) is 25.4 Å². The third-order valence-electron chi connectivity index (χ3n) is 14.8. The molecule has 410 valence electrons. The quantitative estimate of drug-likeness (QED) is 0.0321. The molecule has 0 saturated carbocycles. The van der Waals surface area contributed by atoms with Gasteiger partial charge in [-0.3, -0.25) is 9.59 Å². The van der Waals surface area contributed by atoms with E-state index in [-0.39, 0.29) is 18.5 Å². The average Bonchev–Trinajstić information content (AvgIpc) is 3.35. The Morgan fingerprint density at radius 1 is 0.391 bits per heavy atom. The van der Waals surface area contributed by atoms with E-state index in [9.17, 15) is 19.8 Å². The maximum absolute atomic E-state index is 12.4. The van der Waals surface area contributed by atoms with Gasteiger partial charge in [-0.15, -0.1) is 0 Å². The Hall–Kier alpha value is -1.40. The van der Waals surface area contributed by atoms with Crippen LogP contribution in [0.4, 0.5) is 0 Å². The van der Waals surface area contributed by atoms with Gasteiger partial charge in [-0.25, -0.2) is 0 Å². The highest BCUT2D eigenvalue weighted by Gasteiger charge is 2.20. The van der Waals surface area contributed by atoms with Gasteiger partial charge in [0.1, 0.15) is 0 Å². The van der Waals surface area contributed by atoms with Crippen LogP contribution in [0.1, 0.15) is 354 Å². The van der Waals surface area contributed by atoms with E-state index in [0.717, 1.165) is 38.5 Å². The van der Waals surface area contributed by atoms with Gasteiger partial charge in [-0.1, -0.05) is 302 Å². The Kier molecular flexibility index (Phi) is 58.0. The largest absolute Gasteiger partial charge is 0.466 e. The summed E-state index contributed by atoms with van der Waals surface area (Å²) in [6, 6.07) is -0.539. The summed E-state index contributed by atoms with van der Waals surface area (Å²) in [5, 5.41) is 23.2. The van der Waals surface area contributed by atoms with Crippen LogP contribution in [-0.4, -0.2) is 47.4 Å². The minimum atomic E-state index is -0.662. The first-order chi connectivity index (χ1) is 34.0. The van der Waals surface area contributed by atoms with Crippen LogP contribution in [0.2, 0.25) is 0 Å². The molecule has 2 unspecified atom stereocenters. The molecule has 0 aromatic rings. The van der Waals surface area contributed by atoms with E-state index in [4.69, 9.17) is 4.74 Å². The number of rotatable bonds is 59. The number of unbranched alkanes of at least 4 members (excludes halogenated alkanes) is 46. The molecule has 0 rings (SSSR count). The number of esters is 1. The van der Waals surface area contributed by atoms with Crippen LogP contribution in [-0.2, 0) is 14.3 Å². The Morgan fingerprint density at radius 3 is 1.03 bits per heavy atom. The van der Waals surface area contributed by atoms with E-state index in [0.29, 0.717) is 25.9 Å². The van der Waals surface area contributed by atoms with Gasteiger partial charge in [-0.2, -0.15) is 0 Å². The maximum Gasteiger partial charge on any atom is 0.305 e. The maximum atomic E-state index is 12.4. The molecule has 3 N–H and O–H groups in total. The van der Waals surface area contributed by atoms with Crippen molar-refractivity contribution in [3.05, 3.63) is 12.2 Å². The monoisotopic (exact) mass is 974 g/mol. The van der Waals surface area contributed by atoms with Crippen molar-refractivity contribution in [3.63, 3.8) is 0 Å². The molecule has 0 radical (unpaired) electrons. The highest BCUT2D eigenvalue weighted by Crippen LogP contribution is 2.18. The lowest BCUT2D eigenvalue weighted by Crippen LogP contribution is -2.45. The van der Waals surface area contributed by atoms with E-state index in [1.165, 1.54) is 283 Å². The van der Waals surface area contributed by atoms with E-state index < -0.39 is 12.1 Å². The Bertz CT molecular complexity index is 1030. The Balaban J connectivity index is 3.34. The molecule has 0 bridgehead atoms. The first kappa shape index (κ1) is 67.6. The Morgan fingerprint density at radius 2 is 0.681 bits per heavy atom. The third kappa shape index (κ3) is 55.8. The molecule has 1 amide bonds. The summed E-state index contributed by atoms with van der Waals surface area (Å²) in [7, 11) is 0. The third-order valence-corrected chi connectivity index (χ3v) is 14.8. The highest BCUT2D eigenvalue weighted by atomic mass is 16.5. The van der Waals surface area contributed by atoms with E-state index in [2.05, 4.69) is 31.3 Å². The fourth-order valence-electron chi connectivity index (χ4n) is 9.99. The van der Waals surface area contributed by atoms with Crippen molar-refractivity contribution >= 4 is 11.9 Å². The zero-order valence-corrected chi connectivity index (χ0v) is 46.8. The molecule has 0 aromatic heterocycles. The van der Waals surface area contributed by atoms with E-state index >= 15 is 0 Å². The standard InChI is InChI=1S/C63H123NO5/c1-3-5-7-9-11-13-15-32-37-41-45-49-53-57-63(68)69-58-54-50-46-42-38-34-31-29-27-25-23-21-19-17-16-18-20-22-24-26-28-30-33-36-40-44-48-52-56-62(67)64-60(59-65)61(66)55-51-47-43-39-35-14-12-10-8-6-4-2/h16-17,60-61,65-66H,3-15,18-59H2,1-2H3,(H,64,67)/b17-16-. The van der Waals surface area contributed by atoms with Crippen molar-refractivity contribution in [3.8, 4) is 0 Å². The van der Waals surface area contributed by atoms with Crippen molar-refractivity contribution in [1.82, 2.24) is 5.32 Å². The topological polar surface area (TPSA) is 95.9 Å². The van der Waals surface area contributed by atoms with Crippen LogP contribution in [0.3, 0.4) is 0 Å². The van der Waals surface area contributed by atoms with Gasteiger partial charge in [0.15, 0.2) is 0 Å². The molecule has 0 heterocycles. The zero-order valence-electron chi connectivity index (χ0n) is 46.8. The normalized spacial score (nSPS) is 12.6. The molecule has 0 fully saturated rings. The predicted octanol–water partition coefficient (Wildman–Crippen LogP) is 19.6. The lowest BCUT2D eigenvalue weighted by Gasteiger charge is -2.22. The number of carbonyl (C=O) groups is 2. The number of aliphatic hydroxyl groups excluding tert-OH is 2. The summed E-state index contributed by atoms with van der Waals surface area (Å²) in [5.41, 5.74) is 0. The van der Waals surface area contributed by atoms with Crippen LogP contribution in [0.5, 0.6) is 0 Å². The minimum absolute atomic E-state index is 0.0178. The number of carbonyl (C=O) groups excluding carboxylic acids is 2. The molecule has 2 atom stereocenters. The molecule has 0 aliphatic heterocycles. The first-order valence-electron chi connectivity index (χ1n) is 31.4. The van der Waals surface area contributed by atoms with Gasteiger partial charge in [0.2, 0.25) is 5.91 Å². The van der Waals surface area contributed by atoms with Gasteiger partial charge in [0.25, 0.3) is 0 Å². The highest BCUT2D eigenvalue weighted by molar-refractivity contribution is 5.76. The summed E-state index contributed by atoms with van der Waals surface area (Å²) in [5.74, 6) is -0.0165. The smallest absolute Gasteiger partial charge is 0.305 e. The van der Waals surface area contributed by atoms with Crippen molar-refractivity contribution in [1.29, 1.82) is 0 Å². The second-order valence-corrected chi connectivity index (χ2v) is 21.7. The van der Waals surface area contributed by atoms with Crippen LogP contribution < -0.4 is 5.32 Å². The summed E-state index contributed by atoms with van der Waals surface area (Å²) in [6.45, 7) is 4.97. The molecule has 0 aromatic carbocycles. The summed E-state index contributed by atoms with van der Waals surface area (Å²) in [6.07, 6.45) is 70.9. The van der Waals surface area contributed by atoms with Crippen molar-refractivity contribution in [2.24, 2.45) is 0 Å². The summed E-state index contributed by atoms with van der Waals surface area (Å²) in [4.78, 5) is 24.5. The van der Waals surface area contributed by atoms with Crippen molar-refractivity contribution in [2.45, 2.75) is 366 Å². The molecule has 0 saturated heterocycles. The molecule has 69 heavy (non-hydrogen) atoms. The van der Waals surface area contributed by atoms with Crippen LogP contribution in [0.15, 0.2) is 12.2 Å². The SMILES string of the molecule is CCCCCCCCCCCCCCCC(=O)OCCCCCCCCCCCCCC/C=C\CCCCCCCCCCCCCCC(=O)NC(CO)C(O)CCCCCCCCCCCCC. The number of amides is 1. The second-order valence-electron chi connectivity index (χ2n) is 21.7. The second kappa shape index (κ2) is 59.2. The zero-order chi connectivity index (χ0) is 50.0.